The van der Waals surface area contributed by atoms with Gasteiger partial charge in [-0.1, -0.05) is 70.6 Å². The molecule has 0 spiro atoms. The number of hydrogen-bond acceptors (Lipinski definition) is 5. The number of fused-ring (bicyclic) bond motifs is 1. The van der Waals surface area contributed by atoms with Crippen LogP contribution in [0.3, 0.4) is 0 Å². The highest BCUT2D eigenvalue weighted by Crippen LogP contribution is 2.43. The molecule has 1 amide bonds. The van der Waals surface area contributed by atoms with E-state index in [2.05, 4.69) is 37.9 Å². The van der Waals surface area contributed by atoms with Gasteiger partial charge in [0.05, 0.1) is 29.2 Å². The lowest BCUT2D eigenvalue weighted by Gasteiger charge is -2.33. The van der Waals surface area contributed by atoms with Crippen LogP contribution in [-0.2, 0) is 19.7 Å². The average Bonchev–Trinajstić information content (AvgIpc) is 2.91. The molecule has 2 aliphatic rings. The minimum Gasteiger partial charge on any atom is -0.462 e. The summed E-state index contributed by atoms with van der Waals surface area (Å²) in [6.45, 7) is 14.5. The Hall–Kier alpha value is -2.08. The number of allylic oxidation sites excluding steroid dienone is 1. The molecule has 0 N–H and O–H groups in total. The van der Waals surface area contributed by atoms with Crippen molar-refractivity contribution in [3.05, 3.63) is 46.7 Å². The van der Waals surface area contributed by atoms with Gasteiger partial charge in [0.2, 0.25) is 5.91 Å². The van der Waals surface area contributed by atoms with Gasteiger partial charge in [-0.15, -0.1) is 0 Å². The standard InChI is InChI=1S/C23H30N2O3S/c1-13(2)12-28-21(27)18-14(3)24-22-25(20(26)15(4)29-22)19(18)16-8-10-17(11-9-16)23(5,6)7/h8-11,13,15,19H,12H2,1-7H3/t15-,19-/m1/s1. The zero-order valence-electron chi connectivity index (χ0n) is 18.3. The van der Waals surface area contributed by atoms with Crippen molar-refractivity contribution in [1.29, 1.82) is 0 Å². The van der Waals surface area contributed by atoms with Crippen LogP contribution < -0.4 is 0 Å². The number of carbonyl (C=O) groups excluding carboxylic acids is 2. The molecule has 2 heterocycles. The second kappa shape index (κ2) is 7.98. The lowest BCUT2D eigenvalue weighted by atomic mass is 9.85. The third-order valence-electron chi connectivity index (χ3n) is 5.12. The van der Waals surface area contributed by atoms with Crippen molar-refractivity contribution in [2.75, 3.05) is 6.61 Å². The van der Waals surface area contributed by atoms with Gasteiger partial charge in [-0.3, -0.25) is 9.69 Å². The lowest BCUT2D eigenvalue weighted by Crippen LogP contribution is -2.40. The fourth-order valence-electron chi connectivity index (χ4n) is 3.46. The van der Waals surface area contributed by atoms with E-state index in [1.165, 1.54) is 17.3 Å². The molecule has 0 aromatic heterocycles. The molecular weight excluding hydrogens is 384 g/mol. The minimum absolute atomic E-state index is 0.0241. The highest BCUT2D eigenvalue weighted by Gasteiger charge is 2.46. The summed E-state index contributed by atoms with van der Waals surface area (Å²) in [6, 6.07) is 7.66. The molecule has 1 aromatic carbocycles. The number of amides is 1. The summed E-state index contributed by atoms with van der Waals surface area (Å²) >= 11 is 1.44. The highest BCUT2D eigenvalue weighted by atomic mass is 32.2. The number of aliphatic imine (C=N–C) groups is 1. The maximum atomic E-state index is 13.0. The summed E-state index contributed by atoms with van der Waals surface area (Å²) in [4.78, 5) is 32.2. The molecule has 1 aromatic rings. The van der Waals surface area contributed by atoms with Crippen molar-refractivity contribution in [2.24, 2.45) is 10.9 Å². The molecule has 0 bridgehead atoms. The second-order valence-corrected chi connectivity index (χ2v) is 10.4. The predicted octanol–water partition coefficient (Wildman–Crippen LogP) is 4.83. The number of carbonyl (C=O) groups is 2. The molecule has 29 heavy (non-hydrogen) atoms. The summed E-state index contributed by atoms with van der Waals surface area (Å²) in [5.74, 6) is -0.197. The van der Waals surface area contributed by atoms with Crippen molar-refractivity contribution in [2.45, 2.75) is 65.2 Å². The van der Waals surface area contributed by atoms with E-state index in [-0.39, 0.29) is 22.5 Å². The molecule has 0 saturated carbocycles. The summed E-state index contributed by atoms with van der Waals surface area (Å²) in [6.07, 6.45) is 0. The smallest absolute Gasteiger partial charge is 0.338 e. The van der Waals surface area contributed by atoms with Crippen LogP contribution in [0.25, 0.3) is 0 Å². The van der Waals surface area contributed by atoms with Gasteiger partial charge in [0.25, 0.3) is 0 Å². The molecule has 1 fully saturated rings. The van der Waals surface area contributed by atoms with Gasteiger partial charge in [0, 0.05) is 0 Å². The van der Waals surface area contributed by atoms with Crippen LogP contribution in [0.2, 0.25) is 0 Å². The Balaban J connectivity index is 2.06. The van der Waals surface area contributed by atoms with Crippen molar-refractivity contribution in [3.8, 4) is 0 Å². The third kappa shape index (κ3) is 4.27. The van der Waals surface area contributed by atoms with Crippen LogP contribution >= 0.6 is 11.8 Å². The molecular formula is C23H30N2O3S. The summed E-state index contributed by atoms with van der Waals surface area (Å²) in [5.41, 5.74) is 3.18. The fourth-order valence-corrected chi connectivity index (χ4v) is 4.49. The first-order valence-corrected chi connectivity index (χ1v) is 11.0. The van der Waals surface area contributed by atoms with Gasteiger partial charge in [-0.2, -0.15) is 0 Å². The molecule has 0 radical (unpaired) electrons. The first kappa shape index (κ1) is 21.6. The normalized spacial score (nSPS) is 22.1. The van der Waals surface area contributed by atoms with E-state index < -0.39 is 12.0 Å². The minimum atomic E-state index is -0.513. The number of ether oxygens (including phenoxy) is 1. The molecule has 2 aliphatic heterocycles. The Labute approximate surface area is 177 Å². The molecule has 2 atom stereocenters. The molecule has 1 saturated heterocycles. The van der Waals surface area contributed by atoms with Crippen LogP contribution in [-0.4, -0.2) is 33.8 Å². The lowest BCUT2D eigenvalue weighted by molar-refractivity contribution is -0.141. The van der Waals surface area contributed by atoms with E-state index in [1.54, 1.807) is 4.90 Å². The Morgan fingerprint density at radius 3 is 2.41 bits per heavy atom. The number of nitrogens with zero attached hydrogens (tertiary/aromatic N) is 2. The van der Waals surface area contributed by atoms with E-state index >= 15 is 0 Å². The van der Waals surface area contributed by atoms with Gasteiger partial charge in [0.15, 0.2) is 5.17 Å². The zero-order valence-corrected chi connectivity index (χ0v) is 19.1. The zero-order chi connectivity index (χ0) is 21.5. The molecule has 3 rings (SSSR count). The quantitative estimate of drug-likeness (QED) is 0.662. The summed E-state index contributed by atoms with van der Waals surface area (Å²) in [5, 5.41) is 0.439. The fraction of sp³-hybridized carbons (Fsp3) is 0.522. The SMILES string of the molecule is CC1=C(C(=O)OCC(C)C)[C@@H](c2ccc(C(C)(C)C)cc2)N2C(=O)[C@@H](C)SC2=N1. The van der Waals surface area contributed by atoms with E-state index in [0.29, 0.717) is 23.0 Å². The maximum Gasteiger partial charge on any atom is 0.338 e. The number of amidine groups is 1. The second-order valence-electron chi connectivity index (χ2n) is 9.13. The predicted molar refractivity (Wildman–Crippen MR) is 118 cm³/mol. The monoisotopic (exact) mass is 414 g/mol. The molecule has 6 heteroatoms. The van der Waals surface area contributed by atoms with Crippen LogP contribution in [0.15, 0.2) is 40.5 Å². The molecule has 156 valence electrons. The van der Waals surface area contributed by atoms with Gasteiger partial charge in [-0.05, 0) is 36.3 Å². The Bertz CT molecular complexity index is 878. The van der Waals surface area contributed by atoms with Crippen molar-refractivity contribution < 1.29 is 14.3 Å². The Morgan fingerprint density at radius 1 is 1.24 bits per heavy atom. The van der Waals surface area contributed by atoms with Crippen LogP contribution in [0.5, 0.6) is 0 Å². The summed E-state index contributed by atoms with van der Waals surface area (Å²) in [7, 11) is 0. The topological polar surface area (TPSA) is 59.0 Å². The first-order valence-electron chi connectivity index (χ1n) is 10.1. The van der Waals surface area contributed by atoms with Crippen molar-refractivity contribution in [3.63, 3.8) is 0 Å². The highest BCUT2D eigenvalue weighted by molar-refractivity contribution is 8.15. The third-order valence-corrected chi connectivity index (χ3v) is 6.17. The largest absolute Gasteiger partial charge is 0.462 e. The maximum absolute atomic E-state index is 13.0. The van der Waals surface area contributed by atoms with Crippen LogP contribution in [0.4, 0.5) is 0 Å². The van der Waals surface area contributed by atoms with Crippen LogP contribution in [0.1, 0.15) is 65.6 Å². The van der Waals surface area contributed by atoms with E-state index in [9.17, 15) is 9.59 Å². The molecule has 0 aliphatic carbocycles. The van der Waals surface area contributed by atoms with Gasteiger partial charge >= 0.3 is 5.97 Å². The van der Waals surface area contributed by atoms with Crippen LogP contribution in [0, 0.1) is 5.92 Å². The Morgan fingerprint density at radius 2 is 1.86 bits per heavy atom. The number of thioether (sulfide) groups is 1. The number of hydrogen-bond donors (Lipinski definition) is 0. The van der Waals surface area contributed by atoms with Gasteiger partial charge in [-0.25, -0.2) is 9.79 Å². The molecule has 5 nitrogen and oxygen atoms in total. The van der Waals surface area contributed by atoms with E-state index in [4.69, 9.17) is 4.74 Å². The van der Waals surface area contributed by atoms with Gasteiger partial charge in [0.1, 0.15) is 0 Å². The molecule has 0 unspecified atom stereocenters. The number of rotatable bonds is 4. The number of esters is 1. The van der Waals surface area contributed by atoms with Gasteiger partial charge < -0.3 is 4.74 Å². The average molecular weight is 415 g/mol. The first-order chi connectivity index (χ1) is 13.5. The van der Waals surface area contributed by atoms with Crippen molar-refractivity contribution >= 4 is 28.8 Å². The van der Waals surface area contributed by atoms with Crippen molar-refractivity contribution in [1.82, 2.24) is 4.90 Å². The van der Waals surface area contributed by atoms with E-state index in [0.717, 1.165) is 5.56 Å². The Kier molecular flexibility index (Phi) is 5.95. The van der Waals surface area contributed by atoms with E-state index in [1.807, 2.05) is 39.8 Å². The number of benzene rings is 1. The summed E-state index contributed by atoms with van der Waals surface area (Å²) < 4.78 is 5.54.